The van der Waals surface area contributed by atoms with Crippen molar-refractivity contribution >= 4 is 17.6 Å². The molecule has 2 amide bonds. The van der Waals surface area contributed by atoms with E-state index in [1.165, 1.54) is 0 Å². The molecule has 1 atom stereocenters. The van der Waals surface area contributed by atoms with Gasteiger partial charge in [-0.3, -0.25) is 9.59 Å². The van der Waals surface area contributed by atoms with E-state index in [1.54, 1.807) is 25.4 Å². The van der Waals surface area contributed by atoms with Crippen molar-refractivity contribution in [3.05, 3.63) is 23.9 Å². The highest BCUT2D eigenvalue weighted by molar-refractivity contribution is 5.98. The van der Waals surface area contributed by atoms with Gasteiger partial charge in [-0.25, -0.2) is 4.98 Å². The molecule has 20 heavy (non-hydrogen) atoms. The van der Waals surface area contributed by atoms with Crippen LogP contribution in [0, 0.1) is 5.92 Å². The number of amides is 2. The zero-order valence-electron chi connectivity index (χ0n) is 11.6. The van der Waals surface area contributed by atoms with Gasteiger partial charge < -0.3 is 16.0 Å². The van der Waals surface area contributed by atoms with E-state index in [4.69, 9.17) is 5.73 Å². The van der Waals surface area contributed by atoms with Gasteiger partial charge in [0.15, 0.2) is 0 Å². The summed E-state index contributed by atoms with van der Waals surface area (Å²) < 4.78 is 0. The number of piperidine rings is 1. The predicted octanol–water partition coefficient (Wildman–Crippen LogP) is 0.533. The van der Waals surface area contributed by atoms with Gasteiger partial charge in [-0.15, -0.1) is 0 Å². The molecule has 1 fully saturated rings. The minimum atomic E-state index is -0.274. The third-order valence-electron chi connectivity index (χ3n) is 3.57. The number of nitrogens with two attached hydrogens (primary N) is 1. The van der Waals surface area contributed by atoms with Gasteiger partial charge in [0.2, 0.25) is 5.91 Å². The number of nitrogens with one attached hydrogen (secondary N) is 1. The molecule has 6 nitrogen and oxygen atoms in total. The number of carbonyl (C=O) groups excluding carboxylic acids is 2. The lowest BCUT2D eigenvalue weighted by atomic mass is 9.94. The van der Waals surface area contributed by atoms with Gasteiger partial charge in [-0.05, 0) is 30.9 Å². The molecule has 1 aliphatic rings. The highest BCUT2D eigenvalue weighted by Crippen LogP contribution is 2.25. The van der Waals surface area contributed by atoms with Crippen molar-refractivity contribution in [2.75, 3.05) is 25.0 Å². The molecule has 0 aromatic carbocycles. The highest BCUT2D eigenvalue weighted by atomic mass is 16.2. The van der Waals surface area contributed by atoms with Gasteiger partial charge in [0.1, 0.15) is 5.82 Å². The van der Waals surface area contributed by atoms with Gasteiger partial charge in [-0.1, -0.05) is 0 Å². The molecule has 0 radical (unpaired) electrons. The summed E-state index contributed by atoms with van der Waals surface area (Å²) in [4.78, 5) is 29.3. The molecule has 2 rings (SSSR count). The average molecular weight is 276 g/mol. The van der Waals surface area contributed by atoms with E-state index in [0.717, 1.165) is 19.4 Å². The number of hydrogen-bond acceptors (Lipinski definition) is 4. The lowest BCUT2D eigenvalue weighted by molar-refractivity contribution is -0.118. The van der Waals surface area contributed by atoms with E-state index in [9.17, 15) is 9.59 Å². The maximum atomic E-state index is 11.9. The van der Waals surface area contributed by atoms with E-state index in [1.807, 2.05) is 0 Å². The summed E-state index contributed by atoms with van der Waals surface area (Å²) in [5.74, 6) is 0.497. The summed E-state index contributed by atoms with van der Waals surface area (Å²) in [5, 5.41) is 2.62. The summed E-state index contributed by atoms with van der Waals surface area (Å²) in [6.45, 7) is 1.56. The molecule has 6 heteroatoms. The van der Waals surface area contributed by atoms with Crippen LogP contribution in [-0.4, -0.2) is 36.9 Å². The molecule has 1 aromatic heterocycles. The number of rotatable bonds is 4. The normalized spacial score (nSPS) is 18.6. The number of aromatic nitrogens is 1. The van der Waals surface area contributed by atoms with Crippen LogP contribution in [0.5, 0.6) is 0 Å². The Bertz CT molecular complexity index is 504. The van der Waals surface area contributed by atoms with Gasteiger partial charge in [0, 0.05) is 32.8 Å². The number of hydrogen-bond donors (Lipinski definition) is 2. The first-order valence-corrected chi connectivity index (χ1v) is 6.82. The monoisotopic (exact) mass is 276 g/mol. The zero-order chi connectivity index (χ0) is 14.5. The molecule has 108 valence electrons. The Hall–Kier alpha value is -2.11. The van der Waals surface area contributed by atoms with Crippen LogP contribution in [0.1, 0.15) is 29.6 Å². The number of primary amides is 1. The quantitative estimate of drug-likeness (QED) is 0.839. The first-order valence-electron chi connectivity index (χ1n) is 6.82. The van der Waals surface area contributed by atoms with Crippen molar-refractivity contribution in [1.82, 2.24) is 10.3 Å². The lowest BCUT2D eigenvalue weighted by Crippen LogP contribution is -2.38. The maximum absolute atomic E-state index is 11.9. The Morgan fingerprint density at radius 3 is 3.05 bits per heavy atom. The van der Waals surface area contributed by atoms with Crippen LogP contribution >= 0.6 is 0 Å². The van der Waals surface area contributed by atoms with Gasteiger partial charge in [0.05, 0.1) is 5.56 Å². The zero-order valence-corrected chi connectivity index (χ0v) is 11.6. The summed E-state index contributed by atoms with van der Waals surface area (Å²) in [7, 11) is 1.60. The second-order valence-electron chi connectivity index (χ2n) is 5.08. The maximum Gasteiger partial charge on any atom is 0.254 e. The van der Waals surface area contributed by atoms with Gasteiger partial charge >= 0.3 is 0 Å². The van der Waals surface area contributed by atoms with Crippen LogP contribution in [0.15, 0.2) is 18.3 Å². The summed E-state index contributed by atoms with van der Waals surface area (Å²) in [6, 6.07) is 3.51. The first kappa shape index (κ1) is 14.3. The summed E-state index contributed by atoms with van der Waals surface area (Å²) >= 11 is 0. The standard InChI is InChI=1S/C14H20N4O2/c1-16-14(20)11-5-2-6-17-13(11)18-7-3-4-10(9-18)8-12(15)19/h2,5-6,10H,3-4,7-9H2,1H3,(H2,15,19)(H,16,20). The minimum absolute atomic E-state index is 0.148. The van der Waals surface area contributed by atoms with Crippen LogP contribution in [0.2, 0.25) is 0 Å². The molecule has 2 heterocycles. The van der Waals surface area contributed by atoms with Crippen LogP contribution < -0.4 is 16.0 Å². The molecule has 3 N–H and O–H groups in total. The molecule has 1 saturated heterocycles. The molecule has 0 spiro atoms. The van der Waals surface area contributed by atoms with Crippen molar-refractivity contribution in [3.8, 4) is 0 Å². The van der Waals surface area contributed by atoms with Crippen LogP contribution in [0.25, 0.3) is 0 Å². The highest BCUT2D eigenvalue weighted by Gasteiger charge is 2.25. The molecular weight excluding hydrogens is 256 g/mol. The van der Waals surface area contributed by atoms with Crippen LogP contribution in [-0.2, 0) is 4.79 Å². The molecule has 0 saturated carbocycles. The second-order valence-corrected chi connectivity index (χ2v) is 5.08. The summed E-state index contributed by atoms with van der Waals surface area (Å²) in [6.07, 6.45) is 4.03. The topological polar surface area (TPSA) is 88.3 Å². The SMILES string of the molecule is CNC(=O)c1cccnc1N1CCCC(CC(N)=O)C1. The largest absolute Gasteiger partial charge is 0.370 e. The van der Waals surface area contributed by atoms with Crippen molar-refractivity contribution in [1.29, 1.82) is 0 Å². The number of carbonyl (C=O) groups is 2. The Labute approximate surface area is 118 Å². The fourth-order valence-corrected chi connectivity index (χ4v) is 2.67. The second kappa shape index (κ2) is 6.36. The Kier molecular flexibility index (Phi) is 4.55. The molecule has 1 unspecified atom stereocenters. The Morgan fingerprint density at radius 2 is 2.35 bits per heavy atom. The average Bonchev–Trinajstić information content (AvgIpc) is 2.46. The smallest absolute Gasteiger partial charge is 0.254 e. The third kappa shape index (κ3) is 3.26. The Balaban J connectivity index is 2.18. The van der Waals surface area contributed by atoms with Gasteiger partial charge in [0.25, 0.3) is 5.91 Å². The third-order valence-corrected chi connectivity index (χ3v) is 3.57. The number of anilines is 1. The lowest BCUT2D eigenvalue weighted by Gasteiger charge is -2.34. The first-order chi connectivity index (χ1) is 9.61. The van der Waals surface area contributed by atoms with E-state index in [2.05, 4.69) is 15.2 Å². The molecule has 1 aliphatic heterocycles. The van der Waals surface area contributed by atoms with E-state index >= 15 is 0 Å². The van der Waals surface area contributed by atoms with E-state index < -0.39 is 0 Å². The number of pyridine rings is 1. The molecule has 0 bridgehead atoms. The Morgan fingerprint density at radius 1 is 1.55 bits per heavy atom. The molecule has 0 aliphatic carbocycles. The predicted molar refractivity (Wildman–Crippen MR) is 76.4 cm³/mol. The fourth-order valence-electron chi connectivity index (χ4n) is 2.67. The summed E-state index contributed by atoms with van der Waals surface area (Å²) in [5.41, 5.74) is 5.83. The van der Waals surface area contributed by atoms with Crippen molar-refractivity contribution in [2.24, 2.45) is 11.7 Å². The van der Waals surface area contributed by atoms with E-state index in [0.29, 0.717) is 24.3 Å². The fraction of sp³-hybridized carbons (Fsp3) is 0.500. The number of nitrogens with zero attached hydrogens (tertiary/aromatic N) is 2. The minimum Gasteiger partial charge on any atom is -0.370 e. The van der Waals surface area contributed by atoms with Crippen molar-refractivity contribution < 1.29 is 9.59 Å². The van der Waals surface area contributed by atoms with Crippen molar-refractivity contribution in [2.45, 2.75) is 19.3 Å². The van der Waals surface area contributed by atoms with Crippen LogP contribution in [0.3, 0.4) is 0 Å². The van der Waals surface area contributed by atoms with E-state index in [-0.39, 0.29) is 17.7 Å². The van der Waals surface area contributed by atoms with Crippen LogP contribution in [0.4, 0.5) is 5.82 Å². The van der Waals surface area contributed by atoms with Crippen molar-refractivity contribution in [3.63, 3.8) is 0 Å². The molecular formula is C14H20N4O2. The van der Waals surface area contributed by atoms with Gasteiger partial charge in [-0.2, -0.15) is 0 Å². The molecule has 1 aromatic rings.